The number of nitrogens with zero attached hydrogens (tertiary/aromatic N) is 2. The predicted molar refractivity (Wildman–Crippen MR) is 65.5 cm³/mol. The van der Waals surface area contributed by atoms with Crippen molar-refractivity contribution in [2.24, 2.45) is 0 Å². The van der Waals surface area contributed by atoms with Gasteiger partial charge >= 0.3 is 0 Å². The van der Waals surface area contributed by atoms with Crippen LogP contribution in [0.4, 0.5) is 10.1 Å². The second-order valence-corrected chi connectivity index (χ2v) is 4.16. The fraction of sp³-hybridized carbons (Fsp3) is 0.385. The minimum Gasteiger partial charge on any atom is -0.310 e. The molecule has 0 spiro atoms. The van der Waals surface area contributed by atoms with E-state index >= 15 is 0 Å². The molecule has 1 fully saturated rings. The molecule has 0 radical (unpaired) electrons. The van der Waals surface area contributed by atoms with Gasteiger partial charge in [-0.1, -0.05) is 6.92 Å². The maximum atomic E-state index is 13.0. The number of carbonyl (C=O) groups excluding carboxylic acids is 1. The highest BCUT2D eigenvalue weighted by Gasteiger charge is 2.32. The van der Waals surface area contributed by atoms with Crippen LogP contribution in [0.1, 0.15) is 18.9 Å². The van der Waals surface area contributed by atoms with Crippen LogP contribution in [0.25, 0.3) is 0 Å². The van der Waals surface area contributed by atoms with Crippen LogP contribution in [0.15, 0.2) is 18.2 Å². The van der Waals surface area contributed by atoms with Gasteiger partial charge in [0.2, 0.25) is 5.91 Å². The third kappa shape index (κ3) is 2.20. The summed E-state index contributed by atoms with van der Waals surface area (Å²) in [5.41, 5.74) is 0.685. The maximum absolute atomic E-state index is 13.0. The molecule has 0 bridgehead atoms. The number of hydrogen-bond acceptors (Lipinski definition) is 3. The zero-order valence-corrected chi connectivity index (χ0v) is 10.1. The molecular weight excluding hydrogens is 233 g/mol. The molecule has 1 aliphatic rings. The Kier molecular flexibility index (Phi) is 3.58. The molecule has 1 amide bonds. The van der Waals surface area contributed by atoms with Crippen molar-refractivity contribution in [3.63, 3.8) is 0 Å². The van der Waals surface area contributed by atoms with Crippen molar-refractivity contribution in [2.45, 2.75) is 19.4 Å². The molecule has 1 aliphatic heterocycles. The molecule has 0 aliphatic carbocycles. The molecule has 2 rings (SSSR count). The summed E-state index contributed by atoms with van der Waals surface area (Å²) in [6, 6.07) is 5.63. The summed E-state index contributed by atoms with van der Waals surface area (Å²) >= 11 is 0. The first kappa shape index (κ1) is 12.5. The van der Waals surface area contributed by atoms with E-state index in [-0.39, 0.29) is 17.5 Å². The molecule has 18 heavy (non-hydrogen) atoms. The summed E-state index contributed by atoms with van der Waals surface area (Å²) in [7, 11) is 0. The summed E-state index contributed by atoms with van der Waals surface area (Å²) < 4.78 is 13.0. The Balaban J connectivity index is 2.29. The zero-order valence-electron chi connectivity index (χ0n) is 10.1. The first-order chi connectivity index (χ1) is 8.67. The number of benzene rings is 1. The first-order valence-electron chi connectivity index (χ1n) is 5.91. The molecule has 1 saturated heterocycles. The van der Waals surface area contributed by atoms with Gasteiger partial charge in [-0.05, 0) is 31.2 Å². The van der Waals surface area contributed by atoms with Crippen molar-refractivity contribution >= 4 is 11.6 Å². The Hall–Kier alpha value is -1.93. The number of halogens is 1. The minimum absolute atomic E-state index is 0.0556. The smallest absolute Gasteiger partial charge is 0.244 e. The summed E-state index contributed by atoms with van der Waals surface area (Å²) in [5, 5.41) is 12.1. The van der Waals surface area contributed by atoms with Crippen LogP contribution in [0.5, 0.6) is 0 Å². The van der Waals surface area contributed by atoms with Crippen molar-refractivity contribution < 1.29 is 9.18 Å². The third-order valence-electron chi connectivity index (χ3n) is 3.03. The van der Waals surface area contributed by atoms with Crippen molar-refractivity contribution in [1.82, 2.24) is 5.32 Å². The summed E-state index contributed by atoms with van der Waals surface area (Å²) in [6.45, 7) is 3.21. The van der Waals surface area contributed by atoms with Gasteiger partial charge in [-0.15, -0.1) is 0 Å². The number of amides is 1. The number of anilines is 1. The molecule has 0 aromatic heterocycles. The highest BCUT2D eigenvalue weighted by atomic mass is 19.1. The first-order valence-corrected chi connectivity index (χ1v) is 5.91. The van der Waals surface area contributed by atoms with Crippen molar-refractivity contribution in [3.05, 3.63) is 29.6 Å². The highest BCUT2D eigenvalue weighted by molar-refractivity contribution is 6.00. The van der Waals surface area contributed by atoms with Crippen LogP contribution >= 0.6 is 0 Å². The highest BCUT2D eigenvalue weighted by Crippen LogP contribution is 2.25. The number of hydrogen-bond donors (Lipinski definition) is 1. The Morgan fingerprint density at radius 1 is 1.61 bits per heavy atom. The summed E-state index contributed by atoms with van der Waals surface area (Å²) in [6.07, 6.45) is 0.703. The van der Waals surface area contributed by atoms with Crippen molar-refractivity contribution in [1.29, 1.82) is 5.26 Å². The number of likely N-dealkylation sites (N-methyl/N-ethyl adjacent to an activating group) is 1. The summed E-state index contributed by atoms with van der Waals surface area (Å²) in [5.74, 6) is -0.523. The lowest BCUT2D eigenvalue weighted by Crippen LogP contribution is -2.38. The Morgan fingerprint density at radius 2 is 2.39 bits per heavy atom. The lowest BCUT2D eigenvalue weighted by atomic mass is 10.1. The van der Waals surface area contributed by atoms with Crippen LogP contribution < -0.4 is 10.2 Å². The van der Waals surface area contributed by atoms with Crippen LogP contribution in [-0.4, -0.2) is 25.0 Å². The molecule has 0 saturated carbocycles. The van der Waals surface area contributed by atoms with Gasteiger partial charge in [0.05, 0.1) is 17.3 Å². The van der Waals surface area contributed by atoms with Crippen LogP contribution in [0.3, 0.4) is 0 Å². The topological polar surface area (TPSA) is 56.1 Å². The lowest BCUT2D eigenvalue weighted by Gasteiger charge is -2.18. The molecule has 4 nitrogen and oxygen atoms in total. The second kappa shape index (κ2) is 5.15. The molecule has 1 atom stereocenters. The Labute approximate surface area is 105 Å². The van der Waals surface area contributed by atoms with Crippen LogP contribution in [0, 0.1) is 17.1 Å². The van der Waals surface area contributed by atoms with Gasteiger partial charge in [-0.3, -0.25) is 4.79 Å². The SMILES string of the molecule is CCNC1CCN(c2ccc(F)cc2C#N)C1=O. The minimum atomic E-state index is -0.467. The van der Waals surface area contributed by atoms with E-state index < -0.39 is 5.82 Å². The fourth-order valence-electron chi connectivity index (χ4n) is 2.19. The van der Waals surface area contributed by atoms with Crippen molar-refractivity contribution in [2.75, 3.05) is 18.0 Å². The molecule has 5 heteroatoms. The van der Waals surface area contributed by atoms with E-state index in [0.717, 1.165) is 12.6 Å². The Bertz CT molecular complexity index is 509. The summed E-state index contributed by atoms with van der Waals surface area (Å²) in [4.78, 5) is 13.7. The Morgan fingerprint density at radius 3 is 3.06 bits per heavy atom. The normalized spacial score (nSPS) is 19.1. The average molecular weight is 247 g/mol. The second-order valence-electron chi connectivity index (χ2n) is 4.16. The monoisotopic (exact) mass is 247 g/mol. The molecule has 1 aromatic rings. The van der Waals surface area contributed by atoms with Gasteiger partial charge in [0.25, 0.3) is 0 Å². The van der Waals surface area contributed by atoms with Gasteiger partial charge in [-0.25, -0.2) is 4.39 Å². The zero-order chi connectivity index (χ0) is 13.1. The lowest BCUT2D eigenvalue weighted by molar-refractivity contribution is -0.118. The number of carbonyl (C=O) groups is 1. The molecule has 1 heterocycles. The number of nitriles is 1. The molecule has 94 valence electrons. The average Bonchev–Trinajstić information content (AvgIpc) is 2.72. The van der Waals surface area contributed by atoms with Gasteiger partial charge in [0.1, 0.15) is 11.9 Å². The van der Waals surface area contributed by atoms with Gasteiger partial charge < -0.3 is 10.2 Å². The quantitative estimate of drug-likeness (QED) is 0.878. The van der Waals surface area contributed by atoms with E-state index in [4.69, 9.17) is 5.26 Å². The maximum Gasteiger partial charge on any atom is 0.244 e. The van der Waals surface area contributed by atoms with E-state index in [2.05, 4.69) is 5.32 Å². The van der Waals surface area contributed by atoms with E-state index in [1.54, 1.807) is 4.90 Å². The van der Waals surface area contributed by atoms with Crippen molar-refractivity contribution in [3.8, 4) is 6.07 Å². The fourth-order valence-corrected chi connectivity index (χ4v) is 2.19. The van der Waals surface area contributed by atoms with Gasteiger partial charge in [-0.2, -0.15) is 5.26 Å². The number of nitrogens with one attached hydrogen (secondary N) is 1. The number of rotatable bonds is 3. The van der Waals surface area contributed by atoms with Gasteiger partial charge in [0.15, 0.2) is 0 Å². The largest absolute Gasteiger partial charge is 0.310 e. The van der Waals surface area contributed by atoms with Crippen LogP contribution in [-0.2, 0) is 4.79 Å². The molecule has 1 N–H and O–H groups in total. The third-order valence-corrected chi connectivity index (χ3v) is 3.03. The van der Waals surface area contributed by atoms with E-state index in [1.165, 1.54) is 12.1 Å². The molecule has 1 aromatic carbocycles. The standard InChI is InChI=1S/C13H14FN3O/c1-2-16-11-5-6-17(13(11)18)12-4-3-10(14)7-9(12)8-15/h3-4,7,11,16H,2,5-6H2,1H3. The van der Waals surface area contributed by atoms with Gasteiger partial charge in [0, 0.05) is 6.54 Å². The van der Waals surface area contributed by atoms with E-state index in [1.807, 2.05) is 13.0 Å². The van der Waals surface area contributed by atoms with Crippen LogP contribution in [0.2, 0.25) is 0 Å². The molecular formula is C13H14FN3O. The molecule has 1 unspecified atom stereocenters. The van der Waals surface area contributed by atoms with E-state index in [0.29, 0.717) is 18.7 Å². The predicted octanol–water partition coefficient (Wildman–Crippen LogP) is 1.41. The van der Waals surface area contributed by atoms with E-state index in [9.17, 15) is 9.18 Å².